The summed E-state index contributed by atoms with van der Waals surface area (Å²) in [6.45, 7) is 3.74. The molecular weight excluding hydrogens is 372 g/mol. The van der Waals surface area contributed by atoms with Crippen molar-refractivity contribution < 1.29 is 19.7 Å². The number of carbonyl (C=O) groups excluding carboxylic acids is 1. The van der Waals surface area contributed by atoms with E-state index in [2.05, 4.69) is 0 Å². The third-order valence-corrected chi connectivity index (χ3v) is 6.10. The minimum Gasteiger partial charge on any atom is -0.872 e. The number of aryl methyl sites for hydroxylation is 1. The second-order valence-corrected chi connectivity index (χ2v) is 7.52. The van der Waals surface area contributed by atoms with Crippen molar-refractivity contribution in [2.24, 2.45) is 0 Å². The van der Waals surface area contributed by atoms with E-state index in [-0.39, 0.29) is 35.5 Å². The molecule has 4 heterocycles. The Labute approximate surface area is 166 Å². The number of benzene rings is 1. The lowest BCUT2D eigenvalue weighted by Gasteiger charge is -2.41. The van der Waals surface area contributed by atoms with Crippen LogP contribution in [0.25, 0.3) is 22.3 Å². The lowest BCUT2D eigenvalue weighted by molar-refractivity contribution is -0.475. The zero-order valence-corrected chi connectivity index (χ0v) is 16.1. The summed E-state index contributed by atoms with van der Waals surface area (Å²) in [5, 5.41) is 25.9. The summed E-state index contributed by atoms with van der Waals surface area (Å²) in [5.74, 6) is -0.939. The van der Waals surface area contributed by atoms with Crippen molar-refractivity contribution in [3.63, 3.8) is 0 Å². The fourth-order valence-electron chi connectivity index (χ4n) is 4.53. The Hall–Kier alpha value is -3.19. The Morgan fingerprint density at radius 3 is 2.72 bits per heavy atom. The molecule has 7 heteroatoms. The molecule has 1 aromatic carbocycles. The largest absolute Gasteiger partial charge is 0.872 e. The van der Waals surface area contributed by atoms with Crippen molar-refractivity contribution in [3.05, 3.63) is 56.9 Å². The first-order valence-corrected chi connectivity index (χ1v) is 9.66. The Kier molecular flexibility index (Phi) is 3.64. The van der Waals surface area contributed by atoms with E-state index in [1.165, 1.54) is 6.07 Å². The van der Waals surface area contributed by atoms with Crippen molar-refractivity contribution >= 4 is 16.9 Å². The third-order valence-electron chi connectivity index (χ3n) is 6.10. The molecule has 0 fully saturated rings. The minimum atomic E-state index is -2.09. The molecule has 2 aliphatic rings. The van der Waals surface area contributed by atoms with Gasteiger partial charge in [0.25, 0.3) is 11.5 Å². The van der Waals surface area contributed by atoms with E-state index in [4.69, 9.17) is 9.72 Å². The smallest absolute Gasteiger partial charge is 0.300 e. The molecular formula is C22H18N2O5-2. The zero-order chi connectivity index (χ0) is 20.5. The van der Waals surface area contributed by atoms with Gasteiger partial charge in [0.2, 0.25) is 0 Å². The average Bonchev–Trinajstić information content (AvgIpc) is 3.08. The number of pyridine rings is 2. The minimum absolute atomic E-state index is 0.00772. The quantitative estimate of drug-likeness (QED) is 0.474. The van der Waals surface area contributed by atoms with E-state index < -0.39 is 11.6 Å². The maximum atomic E-state index is 13.2. The first-order valence-electron chi connectivity index (χ1n) is 9.66. The van der Waals surface area contributed by atoms with Gasteiger partial charge in [-0.2, -0.15) is 0 Å². The Balaban J connectivity index is 1.84. The molecule has 2 aliphatic heterocycles. The highest BCUT2D eigenvalue weighted by Crippen LogP contribution is 2.39. The normalized spacial score (nSPS) is 19.6. The molecule has 0 unspecified atom stereocenters. The van der Waals surface area contributed by atoms with Crippen LogP contribution >= 0.6 is 0 Å². The second kappa shape index (κ2) is 5.90. The molecule has 0 bridgehead atoms. The zero-order valence-electron chi connectivity index (χ0n) is 16.1. The molecule has 1 atom stereocenters. The van der Waals surface area contributed by atoms with Crippen LogP contribution < -0.4 is 15.8 Å². The average molecular weight is 390 g/mol. The van der Waals surface area contributed by atoms with Crippen LogP contribution in [0, 0.1) is 0 Å². The molecule has 3 aromatic rings. The van der Waals surface area contributed by atoms with Crippen LogP contribution in [-0.2, 0) is 34.7 Å². The summed E-state index contributed by atoms with van der Waals surface area (Å²) >= 11 is 0. The lowest BCUT2D eigenvalue weighted by Crippen LogP contribution is -2.53. The van der Waals surface area contributed by atoms with Crippen molar-refractivity contribution in [3.8, 4) is 17.1 Å². The number of aromatic nitrogens is 2. The number of hydrogen-bond acceptors (Lipinski definition) is 6. The summed E-state index contributed by atoms with van der Waals surface area (Å²) in [6, 6.07) is 6.35. The van der Waals surface area contributed by atoms with Gasteiger partial charge in [0.15, 0.2) is 0 Å². The van der Waals surface area contributed by atoms with Gasteiger partial charge in [-0.15, -0.1) is 5.75 Å². The molecule has 2 aromatic heterocycles. The number of carbonyl (C=O) groups is 1. The molecule has 0 saturated carbocycles. The van der Waals surface area contributed by atoms with Crippen molar-refractivity contribution in [1.82, 2.24) is 9.55 Å². The number of esters is 1. The van der Waals surface area contributed by atoms with Gasteiger partial charge >= 0.3 is 0 Å². The third kappa shape index (κ3) is 2.25. The van der Waals surface area contributed by atoms with Crippen LogP contribution in [0.2, 0.25) is 0 Å². The second-order valence-electron chi connectivity index (χ2n) is 7.52. The number of nitrogens with zero attached hydrogens (tertiary/aromatic N) is 2. The maximum Gasteiger partial charge on any atom is 0.300 e. The van der Waals surface area contributed by atoms with Gasteiger partial charge < -0.3 is 19.5 Å². The molecule has 0 saturated heterocycles. The van der Waals surface area contributed by atoms with Gasteiger partial charge in [-0.3, -0.25) is 9.59 Å². The summed E-state index contributed by atoms with van der Waals surface area (Å²) in [4.78, 5) is 30.1. The van der Waals surface area contributed by atoms with E-state index in [0.29, 0.717) is 29.9 Å². The van der Waals surface area contributed by atoms with E-state index in [1.807, 2.05) is 6.92 Å². The SMILES string of the molecule is CCc1c2c(nc3ccc([O-])cc13)-c1cc3c(c(=O)n1C2)COC(=O)[C@]3([O-])CC. The summed E-state index contributed by atoms with van der Waals surface area (Å²) in [6.07, 6.45) is 0.668. The predicted molar refractivity (Wildman–Crippen MR) is 101 cm³/mol. The van der Waals surface area contributed by atoms with Gasteiger partial charge in [-0.05, 0) is 29.7 Å². The molecule has 148 valence electrons. The summed E-state index contributed by atoms with van der Waals surface area (Å²) in [7, 11) is 0. The van der Waals surface area contributed by atoms with Gasteiger partial charge in [-0.25, -0.2) is 4.98 Å². The molecule has 0 amide bonds. The molecule has 0 radical (unpaired) electrons. The van der Waals surface area contributed by atoms with Crippen LogP contribution in [0.3, 0.4) is 0 Å². The van der Waals surface area contributed by atoms with Crippen LogP contribution in [0.4, 0.5) is 0 Å². The standard InChI is InChI=1S/C22H19N2O5/c1-3-12-13-7-11(25)5-6-17(13)23-19-14(12)9-24-18(19)8-16-15(20(24)26)10-29-21(27)22(16,28)4-2/h5-8,25H,3-4,9-10H2,1-2H3/q-1/p-1/t22-/m0/s1. The van der Waals surface area contributed by atoms with Gasteiger partial charge in [0.1, 0.15) is 6.61 Å². The van der Waals surface area contributed by atoms with Crippen molar-refractivity contribution in [2.75, 3.05) is 0 Å². The van der Waals surface area contributed by atoms with E-state index in [9.17, 15) is 19.8 Å². The molecule has 0 spiro atoms. The van der Waals surface area contributed by atoms with Crippen molar-refractivity contribution in [2.45, 2.75) is 45.4 Å². The molecule has 0 N–H and O–H groups in total. The predicted octanol–water partition coefficient (Wildman–Crippen LogP) is 1.08. The number of fused-ring (bicyclic) bond motifs is 5. The lowest BCUT2D eigenvalue weighted by atomic mass is 9.86. The van der Waals surface area contributed by atoms with Gasteiger partial charge in [0.05, 0.1) is 29.0 Å². The first kappa shape index (κ1) is 17.9. The topological polar surface area (TPSA) is 107 Å². The van der Waals surface area contributed by atoms with Crippen LogP contribution in [0.15, 0.2) is 29.1 Å². The molecule has 5 rings (SSSR count). The van der Waals surface area contributed by atoms with Crippen LogP contribution in [0.5, 0.6) is 5.75 Å². The number of cyclic esters (lactones) is 1. The van der Waals surface area contributed by atoms with Crippen LogP contribution in [0.1, 0.15) is 42.5 Å². The maximum absolute atomic E-state index is 13.2. The van der Waals surface area contributed by atoms with Crippen molar-refractivity contribution in [1.29, 1.82) is 0 Å². The number of hydrogen-bond donors (Lipinski definition) is 0. The first-order chi connectivity index (χ1) is 13.9. The number of ether oxygens (including phenoxy) is 1. The Morgan fingerprint density at radius 1 is 1.21 bits per heavy atom. The fourth-order valence-corrected chi connectivity index (χ4v) is 4.53. The molecule has 7 nitrogen and oxygen atoms in total. The fraction of sp³-hybridized carbons (Fsp3) is 0.318. The van der Waals surface area contributed by atoms with E-state index in [0.717, 1.165) is 16.5 Å². The van der Waals surface area contributed by atoms with Gasteiger partial charge in [0, 0.05) is 16.6 Å². The summed E-state index contributed by atoms with van der Waals surface area (Å²) < 4.78 is 6.62. The monoisotopic (exact) mass is 390 g/mol. The summed E-state index contributed by atoms with van der Waals surface area (Å²) in [5.41, 5.74) is 1.70. The van der Waals surface area contributed by atoms with E-state index >= 15 is 0 Å². The molecule has 29 heavy (non-hydrogen) atoms. The van der Waals surface area contributed by atoms with Gasteiger partial charge in [-0.1, -0.05) is 32.4 Å². The highest BCUT2D eigenvalue weighted by atomic mass is 16.6. The highest BCUT2D eigenvalue weighted by Gasteiger charge is 2.38. The Bertz CT molecular complexity index is 1280. The number of rotatable bonds is 2. The van der Waals surface area contributed by atoms with E-state index in [1.54, 1.807) is 29.7 Å². The Morgan fingerprint density at radius 2 is 2.00 bits per heavy atom. The van der Waals surface area contributed by atoms with Crippen LogP contribution in [-0.4, -0.2) is 15.5 Å². The molecule has 0 aliphatic carbocycles. The highest BCUT2D eigenvalue weighted by molar-refractivity contribution is 5.89.